The van der Waals surface area contributed by atoms with Crippen molar-refractivity contribution >= 4 is 5.91 Å². The summed E-state index contributed by atoms with van der Waals surface area (Å²) in [6.45, 7) is 7.26. The molecular weight excluding hydrogens is 286 g/mol. The minimum absolute atomic E-state index is 0.266. The fraction of sp³-hybridized carbons (Fsp3) is 0.632. The van der Waals surface area contributed by atoms with E-state index < -0.39 is 0 Å². The number of hydrogen-bond acceptors (Lipinski definition) is 3. The number of likely N-dealkylation sites (tertiary alicyclic amines) is 2. The molecule has 0 spiro atoms. The fourth-order valence-electron chi connectivity index (χ4n) is 4.21. The summed E-state index contributed by atoms with van der Waals surface area (Å²) in [6, 6.07) is 11.5. The van der Waals surface area contributed by atoms with Gasteiger partial charge in [0.15, 0.2) is 0 Å². The molecule has 0 bridgehead atoms. The Bertz CT molecular complexity index is 523. The molecule has 23 heavy (non-hydrogen) atoms. The lowest BCUT2D eigenvalue weighted by molar-refractivity contribution is -0.132. The second-order valence-corrected chi connectivity index (χ2v) is 7.26. The quantitative estimate of drug-likeness (QED) is 0.925. The molecule has 1 aromatic carbocycles. The highest BCUT2D eigenvalue weighted by molar-refractivity contribution is 5.79. The Hall–Kier alpha value is -1.39. The number of carbonyl (C=O) groups excluding carboxylic acids is 1. The van der Waals surface area contributed by atoms with Crippen LogP contribution in [0.1, 0.15) is 38.2 Å². The summed E-state index contributed by atoms with van der Waals surface area (Å²) in [5.74, 6) is 1.01. The first-order chi connectivity index (χ1) is 11.1. The van der Waals surface area contributed by atoms with Gasteiger partial charge >= 0.3 is 0 Å². The van der Waals surface area contributed by atoms with Crippen molar-refractivity contribution in [2.75, 3.05) is 26.2 Å². The number of nitrogens with two attached hydrogens (primary N) is 1. The van der Waals surface area contributed by atoms with Crippen molar-refractivity contribution in [2.45, 2.75) is 44.7 Å². The third-order valence-corrected chi connectivity index (χ3v) is 5.78. The Kier molecular flexibility index (Phi) is 5.02. The predicted octanol–water partition coefficient (Wildman–Crippen LogP) is 2.06. The van der Waals surface area contributed by atoms with Gasteiger partial charge in [-0.1, -0.05) is 30.3 Å². The van der Waals surface area contributed by atoms with Crippen molar-refractivity contribution in [3.05, 3.63) is 35.9 Å². The van der Waals surface area contributed by atoms with Crippen LogP contribution >= 0.6 is 0 Å². The van der Waals surface area contributed by atoms with Gasteiger partial charge in [0.25, 0.3) is 0 Å². The number of carbonyl (C=O) groups is 1. The van der Waals surface area contributed by atoms with Gasteiger partial charge in [-0.15, -0.1) is 0 Å². The number of hydrogen-bond donors (Lipinski definition) is 1. The van der Waals surface area contributed by atoms with Crippen LogP contribution in [0.25, 0.3) is 0 Å². The average molecular weight is 315 g/mol. The molecule has 2 heterocycles. The van der Waals surface area contributed by atoms with Crippen LogP contribution in [-0.2, 0) is 4.79 Å². The van der Waals surface area contributed by atoms with E-state index in [-0.39, 0.29) is 5.91 Å². The lowest BCUT2D eigenvalue weighted by atomic mass is 9.89. The van der Waals surface area contributed by atoms with Gasteiger partial charge < -0.3 is 10.6 Å². The van der Waals surface area contributed by atoms with Crippen LogP contribution in [0.2, 0.25) is 0 Å². The van der Waals surface area contributed by atoms with Gasteiger partial charge in [-0.3, -0.25) is 9.69 Å². The van der Waals surface area contributed by atoms with E-state index in [2.05, 4.69) is 43.0 Å². The minimum atomic E-state index is 0.266. The van der Waals surface area contributed by atoms with E-state index in [1.165, 1.54) is 18.4 Å². The minimum Gasteiger partial charge on any atom is -0.341 e. The van der Waals surface area contributed by atoms with E-state index in [0.29, 0.717) is 37.0 Å². The SMILES string of the molecule is CC1CCC(C)N1CC(=O)N1C[C@@H](CN)[C@H](c2ccccc2)C1. The lowest BCUT2D eigenvalue weighted by Crippen LogP contribution is -2.43. The molecule has 4 heteroatoms. The normalized spacial score (nSPS) is 31.7. The molecule has 2 aliphatic rings. The molecule has 0 saturated carbocycles. The van der Waals surface area contributed by atoms with Crippen molar-refractivity contribution < 1.29 is 4.79 Å². The Morgan fingerprint density at radius 2 is 1.78 bits per heavy atom. The van der Waals surface area contributed by atoms with E-state index in [0.717, 1.165) is 13.1 Å². The largest absolute Gasteiger partial charge is 0.341 e. The summed E-state index contributed by atoms with van der Waals surface area (Å²) in [5.41, 5.74) is 7.29. The summed E-state index contributed by atoms with van der Waals surface area (Å²) >= 11 is 0. The summed E-state index contributed by atoms with van der Waals surface area (Å²) in [7, 11) is 0. The second kappa shape index (κ2) is 7.02. The maximum atomic E-state index is 12.8. The molecule has 1 amide bonds. The van der Waals surface area contributed by atoms with Crippen LogP contribution in [0.3, 0.4) is 0 Å². The molecule has 2 aliphatic heterocycles. The molecule has 2 fully saturated rings. The average Bonchev–Trinajstić information content (AvgIpc) is 3.14. The summed E-state index contributed by atoms with van der Waals surface area (Å²) in [4.78, 5) is 17.2. The Labute approximate surface area is 139 Å². The van der Waals surface area contributed by atoms with Crippen LogP contribution in [0, 0.1) is 5.92 Å². The van der Waals surface area contributed by atoms with Crippen molar-refractivity contribution in [3.63, 3.8) is 0 Å². The highest BCUT2D eigenvalue weighted by Gasteiger charge is 2.37. The van der Waals surface area contributed by atoms with Crippen LogP contribution in [-0.4, -0.2) is 54.0 Å². The molecule has 2 saturated heterocycles. The van der Waals surface area contributed by atoms with Gasteiger partial charge in [0.05, 0.1) is 6.54 Å². The van der Waals surface area contributed by atoms with Gasteiger partial charge in [-0.2, -0.15) is 0 Å². The van der Waals surface area contributed by atoms with Crippen LogP contribution in [0.5, 0.6) is 0 Å². The number of amides is 1. The maximum Gasteiger partial charge on any atom is 0.236 e. The molecule has 4 nitrogen and oxygen atoms in total. The van der Waals surface area contributed by atoms with Crippen LogP contribution in [0.4, 0.5) is 0 Å². The highest BCUT2D eigenvalue weighted by atomic mass is 16.2. The second-order valence-electron chi connectivity index (χ2n) is 7.26. The predicted molar refractivity (Wildman–Crippen MR) is 93.2 cm³/mol. The smallest absolute Gasteiger partial charge is 0.236 e. The Morgan fingerprint density at radius 1 is 1.13 bits per heavy atom. The van der Waals surface area contributed by atoms with Crippen LogP contribution in [0.15, 0.2) is 30.3 Å². The lowest BCUT2D eigenvalue weighted by Gasteiger charge is -2.27. The Balaban J connectivity index is 1.66. The first kappa shape index (κ1) is 16.5. The summed E-state index contributed by atoms with van der Waals surface area (Å²) in [5, 5.41) is 0. The first-order valence-electron chi connectivity index (χ1n) is 8.88. The molecule has 0 radical (unpaired) electrons. The van der Waals surface area contributed by atoms with E-state index in [9.17, 15) is 4.79 Å². The summed E-state index contributed by atoms with van der Waals surface area (Å²) < 4.78 is 0. The zero-order valence-electron chi connectivity index (χ0n) is 14.3. The molecule has 3 rings (SSSR count). The first-order valence-corrected chi connectivity index (χ1v) is 8.88. The van der Waals surface area contributed by atoms with Crippen LogP contribution < -0.4 is 5.73 Å². The van der Waals surface area contributed by atoms with Gasteiger partial charge in [-0.05, 0) is 44.7 Å². The highest BCUT2D eigenvalue weighted by Crippen LogP contribution is 2.32. The Morgan fingerprint density at radius 3 is 2.39 bits per heavy atom. The van der Waals surface area contributed by atoms with Gasteiger partial charge in [0, 0.05) is 31.1 Å². The van der Waals surface area contributed by atoms with Crippen molar-refractivity contribution in [3.8, 4) is 0 Å². The molecule has 4 atom stereocenters. The zero-order chi connectivity index (χ0) is 16.4. The molecule has 0 aromatic heterocycles. The van der Waals surface area contributed by atoms with Crippen molar-refractivity contribution in [2.24, 2.45) is 11.7 Å². The molecule has 0 aliphatic carbocycles. The monoisotopic (exact) mass is 315 g/mol. The fourth-order valence-corrected chi connectivity index (χ4v) is 4.21. The number of rotatable bonds is 4. The number of benzene rings is 1. The molecule has 2 unspecified atom stereocenters. The number of nitrogens with zero attached hydrogens (tertiary/aromatic N) is 2. The summed E-state index contributed by atoms with van der Waals surface area (Å²) in [6.07, 6.45) is 2.40. The van der Waals surface area contributed by atoms with E-state index >= 15 is 0 Å². The maximum absolute atomic E-state index is 12.8. The molecular formula is C19H29N3O. The third-order valence-electron chi connectivity index (χ3n) is 5.78. The molecule has 1 aromatic rings. The van der Waals surface area contributed by atoms with Crippen molar-refractivity contribution in [1.29, 1.82) is 0 Å². The van der Waals surface area contributed by atoms with Crippen molar-refractivity contribution in [1.82, 2.24) is 9.80 Å². The van der Waals surface area contributed by atoms with E-state index in [4.69, 9.17) is 5.73 Å². The van der Waals surface area contributed by atoms with E-state index in [1.807, 2.05) is 11.0 Å². The van der Waals surface area contributed by atoms with Gasteiger partial charge in [-0.25, -0.2) is 0 Å². The molecule has 2 N–H and O–H groups in total. The van der Waals surface area contributed by atoms with E-state index in [1.54, 1.807) is 0 Å². The third kappa shape index (κ3) is 3.43. The molecule has 126 valence electrons. The topological polar surface area (TPSA) is 49.6 Å². The van der Waals surface area contributed by atoms with Gasteiger partial charge in [0.1, 0.15) is 0 Å². The van der Waals surface area contributed by atoms with Gasteiger partial charge in [0.2, 0.25) is 5.91 Å². The standard InChI is InChI=1S/C19H29N3O/c1-14-8-9-15(2)22(14)13-19(23)21-11-17(10-20)18(12-21)16-6-4-3-5-7-16/h3-7,14-15,17-18H,8-13,20H2,1-2H3/t14?,15?,17-,18+/m1/s1. The zero-order valence-corrected chi connectivity index (χ0v) is 14.3.